The maximum atomic E-state index is 11.8. The Morgan fingerprint density at radius 2 is 1.81 bits per heavy atom. The van der Waals surface area contributed by atoms with Crippen molar-refractivity contribution >= 4 is 5.91 Å². The number of nitrogen functional groups attached to an aromatic ring is 1. The minimum atomic E-state index is -0.210. The van der Waals surface area contributed by atoms with E-state index < -0.39 is 0 Å². The van der Waals surface area contributed by atoms with Gasteiger partial charge in [0, 0.05) is 44.8 Å². The first-order valence-corrected chi connectivity index (χ1v) is 7.80. The number of amides is 1. The lowest BCUT2D eigenvalue weighted by Gasteiger charge is -2.35. The first kappa shape index (κ1) is 14.5. The van der Waals surface area contributed by atoms with Crippen molar-refractivity contribution in [3.63, 3.8) is 0 Å². The first-order valence-electron chi connectivity index (χ1n) is 7.80. The summed E-state index contributed by atoms with van der Waals surface area (Å²) >= 11 is 0. The smallest absolute Gasteiger partial charge is 0.265 e. The fraction of sp³-hybridized carbons (Fsp3) is 0.562. The van der Waals surface area contributed by atoms with Gasteiger partial charge in [-0.05, 0) is 30.4 Å². The SMILES string of the molecule is NNC(=O)c1ccccc1CN1CCN(CC2CC2)CC1. The number of hydrogen-bond acceptors (Lipinski definition) is 4. The van der Waals surface area contributed by atoms with Crippen molar-refractivity contribution in [1.29, 1.82) is 0 Å². The summed E-state index contributed by atoms with van der Waals surface area (Å²) < 4.78 is 0. The van der Waals surface area contributed by atoms with Gasteiger partial charge in [0.2, 0.25) is 0 Å². The molecule has 1 heterocycles. The first-order chi connectivity index (χ1) is 10.3. The highest BCUT2D eigenvalue weighted by molar-refractivity contribution is 5.95. The maximum Gasteiger partial charge on any atom is 0.265 e. The van der Waals surface area contributed by atoms with Crippen LogP contribution in [-0.2, 0) is 6.54 Å². The van der Waals surface area contributed by atoms with Crippen molar-refractivity contribution in [2.24, 2.45) is 11.8 Å². The molecular weight excluding hydrogens is 264 g/mol. The zero-order chi connectivity index (χ0) is 14.7. The van der Waals surface area contributed by atoms with Crippen LogP contribution in [-0.4, -0.2) is 48.4 Å². The third-order valence-corrected chi connectivity index (χ3v) is 4.47. The quantitative estimate of drug-likeness (QED) is 0.478. The Hall–Kier alpha value is -1.43. The summed E-state index contributed by atoms with van der Waals surface area (Å²) in [4.78, 5) is 16.8. The van der Waals surface area contributed by atoms with Gasteiger partial charge in [0.1, 0.15) is 0 Å². The third kappa shape index (κ3) is 3.81. The van der Waals surface area contributed by atoms with Gasteiger partial charge < -0.3 is 4.90 Å². The lowest BCUT2D eigenvalue weighted by Crippen LogP contribution is -2.46. The van der Waals surface area contributed by atoms with Crippen LogP contribution < -0.4 is 11.3 Å². The normalized spacial score (nSPS) is 20.4. The molecule has 1 saturated carbocycles. The van der Waals surface area contributed by atoms with Crippen LogP contribution in [0.15, 0.2) is 24.3 Å². The number of nitrogens with two attached hydrogens (primary N) is 1. The van der Waals surface area contributed by atoms with E-state index in [-0.39, 0.29) is 5.91 Å². The molecule has 21 heavy (non-hydrogen) atoms. The lowest BCUT2D eigenvalue weighted by molar-refractivity contribution is 0.0948. The Morgan fingerprint density at radius 1 is 1.14 bits per heavy atom. The Balaban J connectivity index is 1.56. The van der Waals surface area contributed by atoms with E-state index in [1.807, 2.05) is 24.3 Å². The topological polar surface area (TPSA) is 61.6 Å². The molecule has 1 aliphatic carbocycles. The molecular formula is C16H24N4O. The molecule has 0 atom stereocenters. The van der Waals surface area contributed by atoms with Crippen molar-refractivity contribution in [2.75, 3.05) is 32.7 Å². The summed E-state index contributed by atoms with van der Waals surface area (Å²) in [6.07, 6.45) is 2.84. The molecule has 3 N–H and O–H groups in total. The Labute approximate surface area is 126 Å². The predicted octanol–water partition coefficient (Wildman–Crippen LogP) is 0.818. The van der Waals surface area contributed by atoms with Gasteiger partial charge in [-0.15, -0.1) is 0 Å². The Morgan fingerprint density at radius 3 is 2.48 bits per heavy atom. The highest BCUT2D eigenvalue weighted by Gasteiger charge is 2.26. The Bertz CT molecular complexity index is 493. The van der Waals surface area contributed by atoms with E-state index in [1.165, 1.54) is 19.4 Å². The van der Waals surface area contributed by atoms with Crippen LogP contribution in [0.25, 0.3) is 0 Å². The minimum absolute atomic E-state index is 0.210. The summed E-state index contributed by atoms with van der Waals surface area (Å²) in [7, 11) is 0. The monoisotopic (exact) mass is 288 g/mol. The molecule has 114 valence electrons. The molecule has 1 aromatic carbocycles. The summed E-state index contributed by atoms with van der Waals surface area (Å²) in [5.41, 5.74) is 3.96. The van der Waals surface area contributed by atoms with Gasteiger partial charge in [0.15, 0.2) is 0 Å². The van der Waals surface area contributed by atoms with Gasteiger partial charge in [-0.3, -0.25) is 15.1 Å². The molecule has 1 aromatic rings. The molecule has 1 amide bonds. The van der Waals surface area contributed by atoms with E-state index in [0.717, 1.165) is 44.2 Å². The number of hydrazine groups is 1. The second kappa shape index (κ2) is 6.56. The van der Waals surface area contributed by atoms with Gasteiger partial charge in [0.05, 0.1) is 0 Å². The van der Waals surface area contributed by atoms with E-state index >= 15 is 0 Å². The number of hydrogen-bond donors (Lipinski definition) is 2. The second-order valence-corrected chi connectivity index (χ2v) is 6.15. The standard InChI is InChI=1S/C16H24N4O/c17-18-16(21)15-4-2-1-3-14(15)12-20-9-7-19(8-10-20)11-13-5-6-13/h1-4,13H,5-12,17H2,(H,18,21). The lowest BCUT2D eigenvalue weighted by atomic mass is 10.1. The maximum absolute atomic E-state index is 11.8. The number of piperazine rings is 1. The van der Waals surface area contributed by atoms with Gasteiger partial charge in [-0.2, -0.15) is 0 Å². The van der Waals surface area contributed by atoms with Crippen LogP contribution in [0.4, 0.5) is 0 Å². The summed E-state index contributed by atoms with van der Waals surface area (Å²) in [6, 6.07) is 7.70. The fourth-order valence-corrected chi connectivity index (χ4v) is 2.99. The van der Waals surface area contributed by atoms with Gasteiger partial charge in [0.25, 0.3) is 5.91 Å². The van der Waals surface area contributed by atoms with Crippen molar-refractivity contribution < 1.29 is 4.79 Å². The van der Waals surface area contributed by atoms with Crippen LogP contribution >= 0.6 is 0 Å². The summed E-state index contributed by atoms with van der Waals surface area (Å²) in [6.45, 7) is 6.53. The summed E-state index contributed by atoms with van der Waals surface area (Å²) in [5.74, 6) is 6.01. The molecule has 5 heteroatoms. The van der Waals surface area contributed by atoms with Crippen molar-refractivity contribution in [2.45, 2.75) is 19.4 Å². The van der Waals surface area contributed by atoms with Crippen LogP contribution in [0, 0.1) is 5.92 Å². The van der Waals surface area contributed by atoms with Gasteiger partial charge in [-0.1, -0.05) is 18.2 Å². The van der Waals surface area contributed by atoms with Crippen molar-refractivity contribution in [1.82, 2.24) is 15.2 Å². The molecule has 1 saturated heterocycles. The predicted molar refractivity (Wildman–Crippen MR) is 82.5 cm³/mol. The van der Waals surface area contributed by atoms with Crippen molar-refractivity contribution in [3.05, 3.63) is 35.4 Å². The summed E-state index contributed by atoms with van der Waals surface area (Å²) in [5, 5.41) is 0. The largest absolute Gasteiger partial charge is 0.301 e. The molecule has 2 aliphatic rings. The molecule has 0 radical (unpaired) electrons. The van der Waals surface area contributed by atoms with Crippen LogP contribution in [0.1, 0.15) is 28.8 Å². The molecule has 1 aliphatic heterocycles. The molecule has 0 bridgehead atoms. The number of benzene rings is 1. The Kier molecular flexibility index (Phi) is 4.53. The van der Waals surface area contributed by atoms with E-state index in [1.54, 1.807) is 0 Å². The van der Waals surface area contributed by atoms with Crippen LogP contribution in [0.5, 0.6) is 0 Å². The highest BCUT2D eigenvalue weighted by Crippen LogP contribution is 2.30. The van der Waals surface area contributed by atoms with E-state index in [4.69, 9.17) is 5.84 Å². The van der Waals surface area contributed by atoms with E-state index in [2.05, 4.69) is 15.2 Å². The number of rotatable bonds is 5. The minimum Gasteiger partial charge on any atom is -0.301 e. The fourth-order valence-electron chi connectivity index (χ4n) is 2.99. The molecule has 0 unspecified atom stereocenters. The number of nitrogens with one attached hydrogen (secondary N) is 1. The molecule has 0 spiro atoms. The third-order valence-electron chi connectivity index (χ3n) is 4.47. The van der Waals surface area contributed by atoms with Gasteiger partial charge in [-0.25, -0.2) is 5.84 Å². The second-order valence-electron chi connectivity index (χ2n) is 6.15. The zero-order valence-electron chi connectivity index (χ0n) is 12.4. The van der Waals surface area contributed by atoms with Crippen LogP contribution in [0.3, 0.4) is 0 Å². The van der Waals surface area contributed by atoms with Crippen LogP contribution in [0.2, 0.25) is 0 Å². The molecule has 0 aromatic heterocycles. The molecule has 2 fully saturated rings. The molecule has 3 rings (SSSR count). The highest BCUT2D eigenvalue weighted by atomic mass is 16.2. The van der Waals surface area contributed by atoms with E-state index in [0.29, 0.717) is 5.56 Å². The number of nitrogens with zero attached hydrogens (tertiary/aromatic N) is 2. The van der Waals surface area contributed by atoms with E-state index in [9.17, 15) is 4.79 Å². The average molecular weight is 288 g/mol. The number of carbonyl (C=O) groups is 1. The zero-order valence-corrected chi connectivity index (χ0v) is 12.4. The average Bonchev–Trinajstić information content (AvgIpc) is 3.33. The number of carbonyl (C=O) groups excluding carboxylic acids is 1. The van der Waals surface area contributed by atoms with Crippen molar-refractivity contribution in [3.8, 4) is 0 Å². The van der Waals surface area contributed by atoms with Gasteiger partial charge >= 0.3 is 0 Å². The molecule has 5 nitrogen and oxygen atoms in total.